The molecule has 1 aliphatic rings. The number of carbonyl (C=O) groups excluding carboxylic acids is 2. The number of likely N-dealkylation sites (tertiary alicyclic amines) is 1. The van der Waals surface area contributed by atoms with E-state index in [0.29, 0.717) is 24.5 Å². The summed E-state index contributed by atoms with van der Waals surface area (Å²) >= 11 is 0. The van der Waals surface area contributed by atoms with Gasteiger partial charge in [0.2, 0.25) is 0 Å². The zero-order chi connectivity index (χ0) is 18.4. The van der Waals surface area contributed by atoms with Gasteiger partial charge in [0, 0.05) is 25.9 Å². The standard InChI is InChI=1S/C21H26N2O3/c1-22-21(25)20-12-10-18(26-20)15-23-13-5-8-17(14-23)19(24)11-9-16-6-3-2-4-7-16/h2-4,6-7,10,12,17H,5,8-9,11,13-15H2,1H3,(H,22,25)/t17-/m0/s1. The van der Waals surface area contributed by atoms with Crippen molar-refractivity contribution in [2.75, 3.05) is 20.1 Å². The maximum Gasteiger partial charge on any atom is 0.286 e. The van der Waals surface area contributed by atoms with Crippen molar-refractivity contribution >= 4 is 11.7 Å². The van der Waals surface area contributed by atoms with Crippen molar-refractivity contribution in [3.63, 3.8) is 0 Å². The second-order valence-electron chi connectivity index (χ2n) is 6.87. The molecule has 0 aliphatic carbocycles. The Labute approximate surface area is 154 Å². The summed E-state index contributed by atoms with van der Waals surface area (Å²) in [7, 11) is 1.58. The van der Waals surface area contributed by atoms with E-state index in [4.69, 9.17) is 4.42 Å². The fraction of sp³-hybridized carbons (Fsp3) is 0.429. The number of amides is 1. The lowest BCUT2D eigenvalue weighted by Crippen LogP contribution is -2.38. The van der Waals surface area contributed by atoms with Gasteiger partial charge in [0.1, 0.15) is 11.5 Å². The second-order valence-corrected chi connectivity index (χ2v) is 6.87. The van der Waals surface area contributed by atoms with Crippen LogP contribution in [0.5, 0.6) is 0 Å². The molecular weight excluding hydrogens is 328 g/mol. The molecule has 0 unspecified atom stereocenters. The van der Waals surface area contributed by atoms with Gasteiger partial charge in [-0.15, -0.1) is 0 Å². The van der Waals surface area contributed by atoms with E-state index in [2.05, 4.69) is 22.3 Å². The molecule has 1 aliphatic heterocycles. The number of Topliss-reactive ketones (excluding diaryl/α,β-unsaturated/α-hetero) is 1. The zero-order valence-corrected chi connectivity index (χ0v) is 15.2. The van der Waals surface area contributed by atoms with Crippen LogP contribution in [0.1, 0.15) is 41.1 Å². The van der Waals surface area contributed by atoms with Crippen LogP contribution in [-0.4, -0.2) is 36.7 Å². The molecule has 1 aromatic heterocycles. The molecule has 1 fully saturated rings. The lowest BCUT2D eigenvalue weighted by atomic mass is 9.90. The monoisotopic (exact) mass is 354 g/mol. The minimum atomic E-state index is -0.219. The molecule has 2 heterocycles. The van der Waals surface area contributed by atoms with Crippen LogP contribution in [-0.2, 0) is 17.8 Å². The Hall–Kier alpha value is -2.40. The van der Waals surface area contributed by atoms with E-state index in [9.17, 15) is 9.59 Å². The van der Waals surface area contributed by atoms with Gasteiger partial charge < -0.3 is 9.73 Å². The third-order valence-corrected chi connectivity index (χ3v) is 4.96. The number of furan rings is 1. The third kappa shape index (κ3) is 4.82. The van der Waals surface area contributed by atoms with Crippen LogP contribution in [0.2, 0.25) is 0 Å². The minimum Gasteiger partial charge on any atom is -0.455 e. The van der Waals surface area contributed by atoms with Crippen LogP contribution in [0.25, 0.3) is 0 Å². The van der Waals surface area contributed by atoms with E-state index in [-0.39, 0.29) is 11.8 Å². The summed E-state index contributed by atoms with van der Waals surface area (Å²) in [6, 6.07) is 13.7. The maximum absolute atomic E-state index is 12.6. The molecule has 3 rings (SSSR count). The molecule has 1 N–H and O–H groups in total. The molecule has 2 aromatic rings. The molecule has 5 nitrogen and oxygen atoms in total. The Bertz CT molecular complexity index is 739. The Kier molecular flexibility index (Phi) is 6.23. The molecule has 0 saturated carbocycles. The fourth-order valence-corrected chi connectivity index (χ4v) is 3.51. The van der Waals surface area contributed by atoms with E-state index in [1.165, 1.54) is 5.56 Å². The number of nitrogens with zero attached hydrogens (tertiary/aromatic N) is 1. The minimum absolute atomic E-state index is 0.0980. The van der Waals surface area contributed by atoms with Crippen LogP contribution in [0.4, 0.5) is 0 Å². The molecular formula is C21H26N2O3. The summed E-state index contributed by atoms with van der Waals surface area (Å²) in [6.07, 6.45) is 3.39. The number of rotatable bonds is 7. The highest BCUT2D eigenvalue weighted by atomic mass is 16.4. The molecule has 0 radical (unpaired) electrons. The number of nitrogens with one attached hydrogen (secondary N) is 1. The van der Waals surface area contributed by atoms with Crippen molar-refractivity contribution in [1.82, 2.24) is 10.2 Å². The normalized spacial score (nSPS) is 17.8. The van der Waals surface area contributed by atoms with Gasteiger partial charge in [-0.1, -0.05) is 30.3 Å². The maximum atomic E-state index is 12.6. The molecule has 138 valence electrons. The predicted octanol–water partition coefficient (Wildman–Crippen LogP) is 3.05. The van der Waals surface area contributed by atoms with Crippen molar-refractivity contribution in [1.29, 1.82) is 0 Å². The van der Waals surface area contributed by atoms with Gasteiger partial charge in [0.15, 0.2) is 5.76 Å². The molecule has 26 heavy (non-hydrogen) atoms. The van der Waals surface area contributed by atoms with Gasteiger partial charge in [-0.3, -0.25) is 14.5 Å². The first kappa shape index (κ1) is 18.4. The van der Waals surface area contributed by atoms with E-state index in [1.807, 2.05) is 24.3 Å². The van der Waals surface area contributed by atoms with Gasteiger partial charge in [-0.25, -0.2) is 0 Å². The summed E-state index contributed by atoms with van der Waals surface area (Å²) in [5.74, 6) is 1.32. The smallest absolute Gasteiger partial charge is 0.286 e. The Morgan fingerprint density at radius 3 is 2.77 bits per heavy atom. The Morgan fingerprint density at radius 2 is 2.00 bits per heavy atom. The average Bonchev–Trinajstić information content (AvgIpc) is 3.15. The number of piperidine rings is 1. The van der Waals surface area contributed by atoms with Crippen molar-refractivity contribution < 1.29 is 14.0 Å². The SMILES string of the molecule is CNC(=O)c1ccc(CN2CCC[C@H](C(=O)CCc3ccccc3)C2)o1. The summed E-state index contributed by atoms with van der Waals surface area (Å²) in [5.41, 5.74) is 1.21. The summed E-state index contributed by atoms with van der Waals surface area (Å²) in [4.78, 5) is 26.4. The topological polar surface area (TPSA) is 62.6 Å². The largest absolute Gasteiger partial charge is 0.455 e. The van der Waals surface area contributed by atoms with E-state index >= 15 is 0 Å². The first-order valence-electron chi connectivity index (χ1n) is 9.25. The number of carbonyl (C=O) groups is 2. The highest BCUT2D eigenvalue weighted by Crippen LogP contribution is 2.22. The van der Waals surface area contributed by atoms with Gasteiger partial charge in [0.25, 0.3) is 5.91 Å². The lowest BCUT2D eigenvalue weighted by molar-refractivity contribution is -0.124. The molecule has 0 spiro atoms. The van der Waals surface area contributed by atoms with Gasteiger partial charge in [-0.05, 0) is 43.5 Å². The average molecular weight is 354 g/mol. The number of hydrogen-bond donors (Lipinski definition) is 1. The second kappa shape index (κ2) is 8.81. The van der Waals surface area contributed by atoms with Gasteiger partial charge in [-0.2, -0.15) is 0 Å². The summed E-state index contributed by atoms with van der Waals surface area (Å²) in [6.45, 7) is 2.36. The van der Waals surface area contributed by atoms with E-state index < -0.39 is 0 Å². The van der Waals surface area contributed by atoms with Crippen molar-refractivity contribution in [2.45, 2.75) is 32.2 Å². The number of hydrogen-bond acceptors (Lipinski definition) is 4. The summed E-state index contributed by atoms with van der Waals surface area (Å²) < 4.78 is 5.60. The quantitative estimate of drug-likeness (QED) is 0.830. The third-order valence-electron chi connectivity index (χ3n) is 4.96. The first-order chi connectivity index (χ1) is 12.7. The molecule has 0 bridgehead atoms. The first-order valence-corrected chi connectivity index (χ1v) is 9.25. The summed E-state index contributed by atoms with van der Waals surface area (Å²) in [5, 5.41) is 2.56. The highest BCUT2D eigenvalue weighted by Gasteiger charge is 2.26. The van der Waals surface area contributed by atoms with E-state index in [1.54, 1.807) is 13.1 Å². The van der Waals surface area contributed by atoms with E-state index in [0.717, 1.165) is 38.1 Å². The van der Waals surface area contributed by atoms with Crippen LogP contribution in [0.15, 0.2) is 46.9 Å². The predicted molar refractivity (Wildman–Crippen MR) is 99.9 cm³/mol. The lowest BCUT2D eigenvalue weighted by Gasteiger charge is -2.31. The number of aryl methyl sites for hydroxylation is 1. The van der Waals surface area contributed by atoms with Crippen molar-refractivity contribution in [3.8, 4) is 0 Å². The molecule has 5 heteroatoms. The van der Waals surface area contributed by atoms with Gasteiger partial charge >= 0.3 is 0 Å². The molecule has 1 atom stereocenters. The number of ketones is 1. The van der Waals surface area contributed by atoms with Crippen molar-refractivity contribution in [3.05, 3.63) is 59.5 Å². The van der Waals surface area contributed by atoms with Crippen molar-refractivity contribution in [2.24, 2.45) is 5.92 Å². The molecule has 1 saturated heterocycles. The van der Waals surface area contributed by atoms with Gasteiger partial charge in [0.05, 0.1) is 6.54 Å². The number of benzene rings is 1. The Morgan fingerprint density at radius 1 is 1.19 bits per heavy atom. The Balaban J connectivity index is 1.51. The van der Waals surface area contributed by atoms with Crippen LogP contribution >= 0.6 is 0 Å². The molecule has 1 amide bonds. The van der Waals surface area contributed by atoms with Crippen LogP contribution in [0, 0.1) is 5.92 Å². The van der Waals surface area contributed by atoms with Crippen LogP contribution < -0.4 is 5.32 Å². The molecule has 1 aromatic carbocycles. The van der Waals surface area contributed by atoms with Crippen LogP contribution in [0.3, 0.4) is 0 Å². The fourth-order valence-electron chi connectivity index (χ4n) is 3.51. The zero-order valence-electron chi connectivity index (χ0n) is 15.2. The highest BCUT2D eigenvalue weighted by molar-refractivity contribution is 5.91.